The summed E-state index contributed by atoms with van der Waals surface area (Å²) >= 11 is 0. The first kappa shape index (κ1) is 67.8. The Morgan fingerprint density at radius 3 is 1.43 bits per heavy atom. The molecule has 474 valence electrons. The second kappa shape index (κ2) is 28.9. The van der Waals surface area contributed by atoms with E-state index in [1.807, 2.05) is 0 Å². The van der Waals surface area contributed by atoms with Gasteiger partial charge in [0.25, 0.3) is 5.79 Å². The minimum absolute atomic E-state index is 0.799. The SMILES string of the molecule is CC(=O)N[C@H]1[C@H](O[C@H]2[C@@H](O)[C@@H](CO)O[C@@H](O[C@H]3[C@@H](O)[C@@H](CO)O[C@@H](O[C@@H]4[C@H](O[C@]5(C(=O)O)C[C@H](O)[C@@H](NC(C)=O)[C@H]([C@H](O)[C@H](O)CO)O5)[C@@H](O)[C@H](O[C@H]5[C@H](O)[C@@H](O)[C@H](O)O[C@@H]5CO)O[C@@H]4CO)[C@@H]3NC(C)=O)[C@@H]2O)O[C@H](CO)[C@@H](O)[C@@H]1O. The van der Waals surface area contributed by atoms with E-state index in [4.69, 9.17) is 52.1 Å². The Hall–Kier alpha value is -3.28. The Morgan fingerprint density at radius 2 is 0.902 bits per heavy atom. The Balaban J connectivity index is 1.41. The summed E-state index contributed by atoms with van der Waals surface area (Å²) in [5, 5.41) is 213. The number of aliphatic hydroxyl groups excluding tert-OH is 18. The van der Waals surface area contributed by atoms with Crippen molar-refractivity contribution >= 4 is 23.7 Å². The van der Waals surface area contributed by atoms with Gasteiger partial charge in [0.15, 0.2) is 31.5 Å². The maximum absolute atomic E-state index is 13.6. The van der Waals surface area contributed by atoms with E-state index in [1.54, 1.807) is 0 Å². The van der Waals surface area contributed by atoms with E-state index in [9.17, 15) is 116 Å². The predicted molar refractivity (Wildman–Crippen MR) is 251 cm³/mol. The first-order valence-electron chi connectivity index (χ1n) is 25.7. The summed E-state index contributed by atoms with van der Waals surface area (Å²) in [5.74, 6) is -8.25. The molecular formula is C45H75N3O34. The van der Waals surface area contributed by atoms with Gasteiger partial charge in [-0.25, -0.2) is 4.79 Å². The van der Waals surface area contributed by atoms with Crippen molar-refractivity contribution in [3.63, 3.8) is 0 Å². The molecule has 6 fully saturated rings. The minimum atomic E-state index is -3.39. The van der Waals surface area contributed by atoms with Gasteiger partial charge in [0.2, 0.25) is 17.7 Å². The highest BCUT2D eigenvalue weighted by Gasteiger charge is 2.62. The fourth-order valence-corrected chi connectivity index (χ4v) is 10.4. The van der Waals surface area contributed by atoms with E-state index < -0.39 is 259 Å². The first-order chi connectivity index (χ1) is 38.6. The number of hydrogen-bond acceptors (Lipinski definition) is 33. The van der Waals surface area contributed by atoms with Gasteiger partial charge in [-0.05, 0) is 0 Å². The molecule has 0 aromatic rings. The van der Waals surface area contributed by atoms with Gasteiger partial charge in [0.1, 0.15) is 140 Å². The van der Waals surface area contributed by atoms with Crippen molar-refractivity contribution in [3.05, 3.63) is 0 Å². The van der Waals surface area contributed by atoms with Gasteiger partial charge in [-0.15, -0.1) is 0 Å². The van der Waals surface area contributed by atoms with Crippen LogP contribution in [0, 0.1) is 0 Å². The monoisotopic (exact) mass is 1200 g/mol. The van der Waals surface area contributed by atoms with Gasteiger partial charge in [-0.3, -0.25) is 14.4 Å². The summed E-state index contributed by atoms with van der Waals surface area (Å²) in [4.78, 5) is 51.1. The van der Waals surface area contributed by atoms with E-state index in [0.29, 0.717) is 0 Å². The molecule has 6 heterocycles. The molecule has 31 atom stereocenters. The Labute approximate surface area is 463 Å². The zero-order chi connectivity index (χ0) is 61.0. The molecular weight excluding hydrogens is 1130 g/mol. The lowest BCUT2D eigenvalue weighted by Crippen LogP contribution is -2.72. The van der Waals surface area contributed by atoms with Gasteiger partial charge >= 0.3 is 5.97 Å². The summed E-state index contributed by atoms with van der Waals surface area (Å²) < 4.78 is 64.0. The number of rotatable bonds is 22. The number of carboxylic acids is 1. The third kappa shape index (κ3) is 14.6. The van der Waals surface area contributed by atoms with Crippen LogP contribution in [0.1, 0.15) is 27.2 Å². The van der Waals surface area contributed by atoms with E-state index in [-0.39, 0.29) is 0 Å². The van der Waals surface area contributed by atoms with Crippen molar-refractivity contribution in [2.24, 2.45) is 0 Å². The van der Waals surface area contributed by atoms with E-state index in [2.05, 4.69) is 16.0 Å². The summed E-state index contributed by atoms with van der Waals surface area (Å²) in [5.41, 5.74) is 0. The van der Waals surface area contributed by atoms with Crippen LogP contribution in [0.15, 0.2) is 0 Å². The lowest BCUT2D eigenvalue weighted by Gasteiger charge is -2.53. The molecule has 0 unspecified atom stereocenters. The average Bonchev–Trinajstić information content (AvgIpc) is 3.58. The average molecular weight is 1200 g/mol. The van der Waals surface area contributed by atoms with Crippen LogP contribution >= 0.6 is 0 Å². The molecule has 82 heavy (non-hydrogen) atoms. The number of carbonyl (C=O) groups is 4. The van der Waals surface area contributed by atoms with E-state index in [1.165, 1.54) is 0 Å². The van der Waals surface area contributed by atoms with Gasteiger partial charge in [-0.1, -0.05) is 0 Å². The summed E-state index contributed by atoms with van der Waals surface area (Å²) in [6.45, 7) is -3.82. The molecule has 22 N–H and O–H groups in total. The smallest absolute Gasteiger partial charge is 0.364 e. The largest absolute Gasteiger partial charge is 0.477 e. The molecule has 0 aromatic heterocycles. The molecule has 37 nitrogen and oxygen atoms in total. The van der Waals surface area contributed by atoms with Crippen LogP contribution in [-0.4, -0.2) is 350 Å². The number of carboxylic acid groups (broad SMARTS) is 1. The Morgan fingerprint density at radius 1 is 0.476 bits per heavy atom. The predicted octanol–water partition coefficient (Wildman–Crippen LogP) is -14.5. The second-order valence-corrected chi connectivity index (χ2v) is 20.4. The lowest BCUT2D eigenvalue weighted by molar-refractivity contribution is -0.403. The summed E-state index contributed by atoms with van der Waals surface area (Å²) in [6.07, 6.45) is -58.0. The molecule has 0 bridgehead atoms. The molecule has 3 amide bonds. The van der Waals surface area contributed by atoms with Gasteiger partial charge in [0, 0.05) is 27.2 Å². The van der Waals surface area contributed by atoms with Crippen molar-refractivity contribution < 1.29 is 168 Å². The molecule has 0 spiro atoms. The number of amides is 3. The topological polar surface area (TPSA) is 590 Å². The van der Waals surface area contributed by atoms with Crippen LogP contribution in [0.4, 0.5) is 0 Å². The van der Waals surface area contributed by atoms with Crippen molar-refractivity contribution in [2.75, 3.05) is 39.6 Å². The first-order valence-corrected chi connectivity index (χ1v) is 25.7. The Bertz CT molecular complexity index is 2090. The number of carbonyl (C=O) groups excluding carboxylic acids is 3. The molecule has 6 aliphatic heterocycles. The van der Waals surface area contributed by atoms with Crippen molar-refractivity contribution in [3.8, 4) is 0 Å². The number of aliphatic carboxylic acids is 1. The van der Waals surface area contributed by atoms with Crippen LogP contribution in [0.25, 0.3) is 0 Å². The van der Waals surface area contributed by atoms with Crippen LogP contribution in [0.3, 0.4) is 0 Å². The number of aliphatic hydroxyl groups is 18. The van der Waals surface area contributed by atoms with Gasteiger partial charge < -0.3 is 165 Å². The molecule has 6 aliphatic rings. The van der Waals surface area contributed by atoms with Crippen molar-refractivity contribution in [1.82, 2.24) is 16.0 Å². The normalized spacial score (nSPS) is 46.3. The summed E-state index contributed by atoms with van der Waals surface area (Å²) in [6, 6.07) is -5.44. The van der Waals surface area contributed by atoms with Crippen LogP contribution in [-0.2, 0) is 71.3 Å². The maximum atomic E-state index is 13.6. The fraction of sp³-hybridized carbons (Fsp3) is 0.911. The summed E-state index contributed by atoms with van der Waals surface area (Å²) in [7, 11) is 0. The van der Waals surface area contributed by atoms with Crippen molar-refractivity contribution in [2.45, 2.75) is 217 Å². The fourth-order valence-electron chi connectivity index (χ4n) is 10.4. The zero-order valence-corrected chi connectivity index (χ0v) is 43.9. The molecule has 6 rings (SSSR count). The Kier molecular flexibility index (Phi) is 23.9. The molecule has 0 aliphatic carbocycles. The maximum Gasteiger partial charge on any atom is 0.364 e. The molecule has 6 saturated heterocycles. The highest BCUT2D eigenvalue weighted by Crippen LogP contribution is 2.41. The lowest BCUT2D eigenvalue weighted by atomic mass is 9.88. The molecule has 0 radical (unpaired) electrons. The van der Waals surface area contributed by atoms with E-state index >= 15 is 0 Å². The van der Waals surface area contributed by atoms with Gasteiger partial charge in [0.05, 0.1) is 51.8 Å². The standard InChI is InChI=1S/C45H75N3O34/c1-11(55)46-21-14(58)4-45(44(70)71,81-36(21)24(60)15(59)5-49)82-38-32(68)43(77-33-19(9-53)72-39(69)30(66)29(33)65)76-20(10-54)34(38)78-41-23(48-13(3)57)35(26(62)17(7-51)74-41)79-42-31(67)37(27(63)18(8-52)75-42)80-40-22(47-12(2)56)28(64)25(61)16(6-50)73-40/h14-43,49-54,58-69H,4-10H2,1-3H3,(H,46,55)(H,47,56)(H,48,57)(H,70,71)/t14-,15+,16+,17+,18+,19+,20+,21+,22+,23+,24+,25+,26-,27-,28+,29+,30+,31+,32+,33+,34-,35+,36+,37-,38+,39+,40-,41-,42-,43-,45-/m0/s1. The van der Waals surface area contributed by atoms with Crippen molar-refractivity contribution in [1.29, 1.82) is 0 Å². The third-order valence-electron chi connectivity index (χ3n) is 14.6. The number of hydrogen-bond donors (Lipinski definition) is 22. The number of nitrogens with one attached hydrogen (secondary N) is 3. The van der Waals surface area contributed by atoms with Crippen LogP contribution in [0.5, 0.6) is 0 Å². The van der Waals surface area contributed by atoms with Gasteiger partial charge in [-0.2, -0.15) is 0 Å². The highest BCUT2D eigenvalue weighted by molar-refractivity contribution is 5.77. The number of ether oxygens (including phenoxy) is 11. The van der Waals surface area contributed by atoms with Crippen LogP contribution in [0.2, 0.25) is 0 Å². The quantitative estimate of drug-likeness (QED) is 0.0479. The minimum Gasteiger partial charge on any atom is -0.477 e. The van der Waals surface area contributed by atoms with E-state index in [0.717, 1.165) is 20.8 Å². The zero-order valence-electron chi connectivity index (χ0n) is 43.9. The van der Waals surface area contributed by atoms with Crippen LogP contribution < -0.4 is 16.0 Å². The third-order valence-corrected chi connectivity index (χ3v) is 14.6. The highest BCUT2D eigenvalue weighted by atomic mass is 16.8. The molecule has 37 heteroatoms. The molecule has 0 saturated carbocycles. The molecule has 0 aromatic carbocycles. The second-order valence-electron chi connectivity index (χ2n) is 20.4.